The van der Waals surface area contributed by atoms with Gasteiger partial charge in [-0.05, 0) is 40.5 Å². The van der Waals surface area contributed by atoms with E-state index >= 15 is 0 Å². The molecule has 20 heavy (non-hydrogen) atoms. The molecule has 0 aliphatic carbocycles. The molecule has 0 atom stereocenters. The maximum atomic E-state index is 11.7. The highest BCUT2D eigenvalue weighted by molar-refractivity contribution is 9.10. The number of hydrogen-bond donors (Lipinski definition) is 1. The van der Waals surface area contributed by atoms with Crippen molar-refractivity contribution in [3.05, 3.63) is 41.3 Å². The summed E-state index contributed by atoms with van der Waals surface area (Å²) in [5.74, 6) is 0.894. The van der Waals surface area contributed by atoms with Gasteiger partial charge in [-0.2, -0.15) is 0 Å². The molecule has 0 bridgehead atoms. The molecule has 1 amide bonds. The third-order valence-electron chi connectivity index (χ3n) is 3.11. The Morgan fingerprint density at radius 3 is 2.85 bits per heavy atom. The van der Waals surface area contributed by atoms with Crippen LogP contribution in [-0.4, -0.2) is 22.4 Å². The molecule has 1 N–H and O–H groups in total. The molecule has 2 aromatic rings. The molecule has 102 valence electrons. The summed E-state index contributed by atoms with van der Waals surface area (Å²) in [6, 6.07) is 5.70. The lowest BCUT2D eigenvalue weighted by molar-refractivity contribution is -0.117. The monoisotopic (exact) mass is 332 g/mol. The maximum absolute atomic E-state index is 11.7. The summed E-state index contributed by atoms with van der Waals surface area (Å²) < 4.78 is 0.928. The summed E-state index contributed by atoms with van der Waals surface area (Å²) >= 11 is 3.35. The van der Waals surface area contributed by atoms with Gasteiger partial charge in [0.15, 0.2) is 0 Å². The first-order valence-corrected chi connectivity index (χ1v) is 7.16. The minimum atomic E-state index is 0.158. The van der Waals surface area contributed by atoms with Crippen molar-refractivity contribution in [2.75, 3.05) is 16.8 Å². The zero-order valence-electron chi connectivity index (χ0n) is 10.7. The Balaban J connectivity index is 1.80. The molecular weight excluding hydrogens is 320 g/mol. The second-order valence-electron chi connectivity index (χ2n) is 4.57. The number of pyridine rings is 2. The molecule has 0 unspecified atom stereocenters. The molecular formula is C14H13BrN4O. The van der Waals surface area contributed by atoms with E-state index in [0.717, 1.165) is 34.6 Å². The fourth-order valence-corrected chi connectivity index (χ4v) is 2.40. The Hall–Kier alpha value is -1.95. The van der Waals surface area contributed by atoms with Crippen LogP contribution in [0.15, 0.2) is 41.3 Å². The number of rotatable bonds is 3. The molecule has 0 aromatic carbocycles. The van der Waals surface area contributed by atoms with Crippen molar-refractivity contribution in [1.29, 1.82) is 0 Å². The minimum absolute atomic E-state index is 0.158. The standard InChI is InChI=1S/C14H13BrN4O/c15-10-3-4-13(17-7-10)18-11-6-12(9-16-8-11)19-5-1-2-14(19)20/h3-4,6-9H,1-2,5H2,(H,17,18). The quantitative estimate of drug-likeness (QED) is 0.938. The highest BCUT2D eigenvalue weighted by Crippen LogP contribution is 2.24. The first kappa shape index (κ1) is 13.1. The smallest absolute Gasteiger partial charge is 0.227 e. The summed E-state index contributed by atoms with van der Waals surface area (Å²) in [5.41, 5.74) is 1.65. The third-order valence-corrected chi connectivity index (χ3v) is 3.58. The molecule has 3 heterocycles. The van der Waals surface area contributed by atoms with E-state index in [4.69, 9.17) is 0 Å². The Morgan fingerprint density at radius 1 is 1.25 bits per heavy atom. The molecule has 1 saturated heterocycles. The first-order valence-electron chi connectivity index (χ1n) is 6.36. The normalized spacial score (nSPS) is 14.7. The third kappa shape index (κ3) is 2.80. The number of aromatic nitrogens is 2. The van der Waals surface area contributed by atoms with E-state index in [-0.39, 0.29) is 5.91 Å². The number of carbonyl (C=O) groups excluding carboxylic acids is 1. The van der Waals surface area contributed by atoms with E-state index in [1.54, 1.807) is 23.5 Å². The number of nitrogens with one attached hydrogen (secondary N) is 1. The van der Waals surface area contributed by atoms with Gasteiger partial charge in [0.25, 0.3) is 0 Å². The zero-order valence-corrected chi connectivity index (χ0v) is 12.3. The van der Waals surface area contributed by atoms with Gasteiger partial charge in [-0.15, -0.1) is 0 Å². The van der Waals surface area contributed by atoms with Crippen molar-refractivity contribution in [1.82, 2.24) is 9.97 Å². The molecule has 3 rings (SSSR count). The van der Waals surface area contributed by atoms with E-state index < -0.39 is 0 Å². The van der Waals surface area contributed by atoms with Crippen LogP contribution in [0.1, 0.15) is 12.8 Å². The van der Waals surface area contributed by atoms with Gasteiger partial charge < -0.3 is 10.2 Å². The summed E-state index contributed by atoms with van der Waals surface area (Å²) in [7, 11) is 0. The molecule has 6 heteroatoms. The van der Waals surface area contributed by atoms with Crippen molar-refractivity contribution in [2.45, 2.75) is 12.8 Å². The van der Waals surface area contributed by atoms with Crippen LogP contribution in [-0.2, 0) is 4.79 Å². The second-order valence-corrected chi connectivity index (χ2v) is 5.48. The number of nitrogens with zero attached hydrogens (tertiary/aromatic N) is 3. The van der Waals surface area contributed by atoms with Crippen molar-refractivity contribution >= 4 is 39.0 Å². The summed E-state index contributed by atoms with van der Waals surface area (Å²) in [6.45, 7) is 0.764. The highest BCUT2D eigenvalue weighted by Gasteiger charge is 2.22. The number of amides is 1. The van der Waals surface area contributed by atoms with E-state index in [1.165, 1.54) is 0 Å². The van der Waals surface area contributed by atoms with Gasteiger partial charge in [-0.1, -0.05) is 0 Å². The SMILES string of the molecule is O=C1CCCN1c1cncc(Nc2ccc(Br)cn2)c1. The predicted octanol–water partition coefficient (Wildman–Crippen LogP) is 3.11. The fourth-order valence-electron chi connectivity index (χ4n) is 2.16. The Bertz CT molecular complexity index is 629. The highest BCUT2D eigenvalue weighted by atomic mass is 79.9. The average Bonchev–Trinajstić information content (AvgIpc) is 2.88. The lowest BCUT2D eigenvalue weighted by Crippen LogP contribution is -2.23. The molecule has 0 saturated carbocycles. The molecule has 5 nitrogen and oxygen atoms in total. The van der Waals surface area contributed by atoms with Gasteiger partial charge in [0, 0.05) is 23.6 Å². The summed E-state index contributed by atoms with van der Waals surface area (Å²) in [4.78, 5) is 21.9. The fraction of sp³-hybridized carbons (Fsp3) is 0.214. The van der Waals surface area contributed by atoms with Crippen LogP contribution in [0.25, 0.3) is 0 Å². The van der Waals surface area contributed by atoms with Crippen molar-refractivity contribution < 1.29 is 4.79 Å². The maximum Gasteiger partial charge on any atom is 0.227 e. The number of halogens is 1. The van der Waals surface area contributed by atoms with Crippen molar-refractivity contribution in [2.24, 2.45) is 0 Å². The van der Waals surface area contributed by atoms with E-state index in [9.17, 15) is 4.79 Å². The van der Waals surface area contributed by atoms with Crippen LogP contribution in [0.2, 0.25) is 0 Å². The minimum Gasteiger partial charge on any atom is -0.339 e. The Morgan fingerprint density at radius 2 is 2.15 bits per heavy atom. The molecule has 2 aromatic heterocycles. The van der Waals surface area contributed by atoms with E-state index in [0.29, 0.717) is 6.42 Å². The summed E-state index contributed by atoms with van der Waals surface area (Å²) in [5, 5.41) is 3.18. The van der Waals surface area contributed by atoms with Crippen LogP contribution in [0.4, 0.5) is 17.2 Å². The Kier molecular flexibility index (Phi) is 3.64. The second kappa shape index (κ2) is 5.58. The van der Waals surface area contributed by atoms with Crippen LogP contribution in [0.5, 0.6) is 0 Å². The van der Waals surface area contributed by atoms with Crippen LogP contribution in [0.3, 0.4) is 0 Å². The lowest BCUT2D eigenvalue weighted by Gasteiger charge is -2.16. The number of anilines is 3. The van der Waals surface area contributed by atoms with Crippen LogP contribution >= 0.6 is 15.9 Å². The molecule has 1 fully saturated rings. The number of hydrogen-bond acceptors (Lipinski definition) is 4. The molecule has 0 radical (unpaired) electrons. The number of carbonyl (C=O) groups is 1. The van der Waals surface area contributed by atoms with Gasteiger partial charge >= 0.3 is 0 Å². The van der Waals surface area contributed by atoms with Gasteiger partial charge in [0.2, 0.25) is 5.91 Å². The first-order chi connectivity index (χ1) is 9.72. The van der Waals surface area contributed by atoms with E-state index in [2.05, 4.69) is 31.2 Å². The molecule has 1 aliphatic heterocycles. The van der Waals surface area contributed by atoms with Crippen LogP contribution in [0, 0.1) is 0 Å². The average molecular weight is 333 g/mol. The predicted molar refractivity (Wildman–Crippen MR) is 81.0 cm³/mol. The molecule has 0 spiro atoms. The zero-order chi connectivity index (χ0) is 13.9. The molecule has 1 aliphatic rings. The topological polar surface area (TPSA) is 58.1 Å². The van der Waals surface area contributed by atoms with Crippen molar-refractivity contribution in [3.63, 3.8) is 0 Å². The van der Waals surface area contributed by atoms with E-state index in [1.807, 2.05) is 18.2 Å². The van der Waals surface area contributed by atoms with Gasteiger partial charge in [0.05, 0.1) is 23.8 Å². The van der Waals surface area contributed by atoms with Gasteiger partial charge in [-0.25, -0.2) is 4.98 Å². The Labute approximate surface area is 125 Å². The van der Waals surface area contributed by atoms with Gasteiger partial charge in [-0.3, -0.25) is 9.78 Å². The van der Waals surface area contributed by atoms with Crippen molar-refractivity contribution in [3.8, 4) is 0 Å². The lowest BCUT2D eigenvalue weighted by atomic mass is 10.3. The van der Waals surface area contributed by atoms with Gasteiger partial charge in [0.1, 0.15) is 5.82 Å². The summed E-state index contributed by atoms with van der Waals surface area (Å²) in [6.07, 6.45) is 6.68. The van der Waals surface area contributed by atoms with Crippen LogP contribution < -0.4 is 10.2 Å². The largest absolute Gasteiger partial charge is 0.339 e.